The first-order valence-electron chi connectivity index (χ1n) is 9.02. The van der Waals surface area contributed by atoms with Gasteiger partial charge in [-0.1, -0.05) is 30.3 Å². The fourth-order valence-corrected chi connectivity index (χ4v) is 3.20. The predicted molar refractivity (Wildman–Crippen MR) is 108 cm³/mol. The lowest BCUT2D eigenvalue weighted by molar-refractivity contribution is 0.102. The average molecular weight is 387 g/mol. The summed E-state index contributed by atoms with van der Waals surface area (Å²) in [5.41, 5.74) is 3.72. The molecule has 2 heterocycles. The second kappa shape index (κ2) is 7.67. The maximum atomic E-state index is 14.1. The van der Waals surface area contributed by atoms with Gasteiger partial charge in [0, 0.05) is 23.6 Å². The number of pyridine rings is 1. The molecule has 0 N–H and O–H groups in total. The van der Waals surface area contributed by atoms with Crippen molar-refractivity contribution in [3.8, 4) is 22.6 Å². The van der Waals surface area contributed by atoms with Crippen molar-refractivity contribution in [3.05, 3.63) is 96.1 Å². The molecular formula is C23H18FN3O2. The van der Waals surface area contributed by atoms with Crippen LogP contribution >= 0.6 is 0 Å². The molecule has 2 aromatic carbocycles. The molecule has 4 rings (SSSR count). The minimum atomic E-state index is -0.420. The van der Waals surface area contributed by atoms with Crippen LogP contribution in [0.5, 0.6) is 5.75 Å². The van der Waals surface area contributed by atoms with Gasteiger partial charge in [-0.3, -0.25) is 9.78 Å². The number of methoxy groups -OCH3 is 1. The molecule has 2 aromatic heterocycles. The lowest BCUT2D eigenvalue weighted by Gasteiger charge is -2.11. The molecule has 0 fully saturated rings. The Hall–Kier alpha value is -3.80. The van der Waals surface area contributed by atoms with E-state index in [-0.39, 0.29) is 11.5 Å². The van der Waals surface area contributed by atoms with Gasteiger partial charge >= 0.3 is 0 Å². The van der Waals surface area contributed by atoms with E-state index in [0.29, 0.717) is 17.0 Å². The van der Waals surface area contributed by atoms with Crippen LogP contribution in [0.15, 0.2) is 73.3 Å². The number of carbonyl (C=O) groups excluding carboxylic acids is 1. The molecule has 5 nitrogen and oxygen atoms in total. The number of hydrogen-bond acceptors (Lipinski definition) is 4. The SMILES string of the molecule is COc1c(F)cccc1-c1cccc(-n2cnc(C(=O)c3ncccc3C)c2)c1. The molecule has 29 heavy (non-hydrogen) atoms. The second-order valence-corrected chi connectivity index (χ2v) is 6.54. The van der Waals surface area contributed by atoms with Crippen LogP contribution < -0.4 is 4.74 Å². The van der Waals surface area contributed by atoms with Crippen molar-refractivity contribution in [1.82, 2.24) is 14.5 Å². The highest BCUT2D eigenvalue weighted by Gasteiger charge is 2.16. The van der Waals surface area contributed by atoms with Crippen LogP contribution in [0.25, 0.3) is 16.8 Å². The second-order valence-electron chi connectivity index (χ2n) is 6.54. The first-order valence-corrected chi connectivity index (χ1v) is 9.02. The third-order valence-corrected chi connectivity index (χ3v) is 4.67. The van der Waals surface area contributed by atoms with E-state index in [4.69, 9.17) is 4.74 Å². The Morgan fingerprint density at radius 3 is 2.69 bits per heavy atom. The zero-order valence-electron chi connectivity index (χ0n) is 16.0. The van der Waals surface area contributed by atoms with Crippen molar-refractivity contribution in [2.24, 2.45) is 0 Å². The molecule has 4 aromatic rings. The number of benzene rings is 2. The molecular weight excluding hydrogens is 369 g/mol. The van der Waals surface area contributed by atoms with Gasteiger partial charge in [0.15, 0.2) is 11.6 Å². The maximum Gasteiger partial charge on any atom is 0.231 e. The Morgan fingerprint density at radius 2 is 1.90 bits per heavy atom. The first kappa shape index (κ1) is 18.6. The van der Waals surface area contributed by atoms with Crippen LogP contribution in [-0.4, -0.2) is 27.4 Å². The summed E-state index contributed by atoms with van der Waals surface area (Å²) < 4.78 is 21.0. The zero-order chi connectivity index (χ0) is 20.4. The Kier molecular flexibility index (Phi) is 4.91. The van der Waals surface area contributed by atoms with Gasteiger partial charge in [-0.2, -0.15) is 0 Å². The molecule has 144 valence electrons. The third kappa shape index (κ3) is 3.52. The van der Waals surface area contributed by atoms with Crippen LogP contribution in [-0.2, 0) is 0 Å². The van der Waals surface area contributed by atoms with Gasteiger partial charge < -0.3 is 9.30 Å². The van der Waals surface area contributed by atoms with Crippen molar-refractivity contribution in [1.29, 1.82) is 0 Å². The molecule has 0 radical (unpaired) electrons. The van der Waals surface area contributed by atoms with Gasteiger partial charge in [0.05, 0.1) is 7.11 Å². The summed E-state index contributed by atoms with van der Waals surface area (Å²) in [6.07, 6.45) is 4.83. The van der Waals surface area contributed by atoms with E-state index < -0.39 is 5.82 Å². The van der Waals surface area contributed by atoms with Crippen LogP contribution in [0, 0.1) is 12.7 Å². The van der Waals surface area contributed by atoms with Gasteiger partial charge in [-0.05, 0) is 42.3 Å². The number of ketones is 1. The number of aryl methyl sites for hydroxylation is 1. The molecule has 0 aliphatic rings. The molecule has 0 saturated carbocycles. The predicted octanol–water partition coefficient (Wildman–Crippen LogP) is 4.62. The van der Waals surface area contributed by atoms with Crippen LogP contribution in [0.2, 0.25) is 0 Å². The minimum absolute atomic E-state index is 0.191. The largest absolute Gasteiger partial charge is 0.493 e. The Morgan fingerprint density at radius 1 is 1.07 bits per heavy atom. The summed E-state index contributed by atoms with van der Waals surface area (Å²) in [4.78, 5) is 21.1. The molecule has 0 aliphatic carbocycles. The van der Waals surface area contributed by atoms with E-state index in [9.17, 15) is 9.18 Å². The Labute approximate surface area is 167 Å². The number of ether oxygens (including phenoxy) is 1. The highest BCUT2D eigenvalue weighted by molar-refractivity contribution is 6.07. The third-order valence-electron chi connectivity index (χ3n) is 4.67. The fourth-order valence-electron chi connectivity index (χ4n) is 3.20. The summed E-state index contributed by atoms with van der Waals surface area (Å²) >= 11 is 0. The van der Waals surface area contributed by atoms with E-state index >= 15 is 0 Å². The number of aromatic nitrogens is 3. The molecule has 0 bridgehead atoms. The molecule has 0 atom stereocenters. The molecule has 0 unspecified atom stereocenters. The van der Waals surface area contributed by atoms with Crippen molar-refractivity contribution >= 4 is 5.78 Å². The summed E-state index contributed by atoms with van der Waals surface area (Å²) in [5.74, 6) is -0.460. The lowest BCUT2D eigenvalue weighted by Crippen LogP contribution is -2.06. The maximum absolute atomic E-state index is 14.1. The topological polar surface area (TPSA) is 57.0 Å². The minimum Gasteiger partial charge on any atom is -0.493 e. The van der Waals surface area contributed by atoms with E-state index in [2.05, 4.69) is 9.97 Å². The zero-order valence-corrected chi connectivity index (χ0v) is 16.0. The first-order chi connectivity index (χ1) is 14.1. The van der Waals surface area contributed by atoms with Gasteiger partial charge in [0.1, 0.15) is 17.7 Å². The number of para-hydroxylation sites is 1. The van der Waals surface area contributed by atoms with Gasteiger partial charge in [0.2, 0.25) is 5.78 Å². The quantitative estimate of drug-likeness (QED) is 0.469. The number of hydrogen-bond donors (Lipinski definition) is 0. The van der Waals surface area contributed by atoms with E-state index in [1.807, 2.05) is 37.3 Å². The summed E-state index contributed by atoms with van der Waals surface area (Å²) in [6.45, 7) is 1.84. The van der Waals surface area contributed by atoms with Crippen molar-refractivity contribution in [2.45, 2.75) is 6.92 Å². The molecule has 0 amide bonds. The number of nitrogens with zero attached hydrogens (tertiary/aromatic N) is 3. The van der Waals surface area contributed by atoms with Gasteiger partial charge in [0.25, 0.3) is 0 Å². The summed E-state index contributed by atoms with van der Waals surface area (Å²) in [6, 6.07) is 15.9. The number of carbonyl (C=O) groups is 1. The summed E-state index contributed by atoms with van der Waals surface area (Å²) in [5, 5.41) is 0. The normalized spacial score (nSPS) is 10.7. The number of imidazole rings is 1. The van der Waals surface area contributed by atoms with Gasteiger partial charge in [-0.15, -0.1) is 0 Å². The summed E-state index contributed by atoms with van der Waals surface area (Å²) in [7, 11) is 1.44. The van der Waals surface area contributed by atoms with Crippen LogP contribution in [0.1, 0.15) is 21.7 Å². The molecule has 0 aliphatic heterocycles. The van der Waals surface area contributed by atoms with E-state index in [1.165, 1.54) is 13.2 Å². The number of halogens is 1. The highest BCUT2D eigenvalue weighted by atomic mass is 19.1. The van der Waals surface area contributed by atoms with Crippen LogP contribution in [0.4, 0.5) is 4.39 Å². The molecule has 0 spiro atoms. The fraction of sp³-hybridized carbons (Fsp3) is 0.0870. The Bertz CT molecular complexity index is 1200. The highest BCUT2D eigenvalue weighted by Crippen LogP contribution is 2.33. The number of rotatable bonds is 5. The van der Waals surface area contributed by atoms with Gasteiger partial charge in [-0.25, -0.2) is 9.37 Å². The van der Waals surface area contributed by atoms with E-state index in [1.54, 1.807) is 41.5 Å². The standard InChI is InChI=1S/C23H18FN3O2/c1-15-6-5-11-25-21(15)22(28)20-13-27(14-26-20)17-8-3-7-16(12-17)18-9-4-10-19(24)23(18)29-2/h3-14H,1-2H3. The monoisotopic (exact) mass is 387 g/mol. The van der Waals surface area contributed by atoms with Crippen molar-refractivity contribution in [3.63, 3.8) is 0 Å². The average Bonchev–Trinajstić information content (AvgIpc) is 3.24. The van der Waals surface area contributed by atoms with Crippen molar-refractivity contribution < 1.29 is 13.9 Å². The Balaban J connectivity index is 1.70. The smallest absolute Gasteiger partial charge is 0.231 e. The lowest BCUT2D eigenvalue weighted by atomic mass is 10.0. The van der Waals surface area contributed by atoms with Crippen molar-refractivity contribution in [2.75, 3.05) is 7.11 Å². The van der Waals surface area contributed by atoms with E-state index in [0.717, 1.165) is 16.8 Å². The molecule has 6 heteroatoms. The van der Waals surface area contributed by atoms with Crippen LogP contribution in [0.3, 0.4) is 0 Å². The molecule has 0 saturated heterocycles.